The molecule has 0 radical (unpaired) electrons. The molecule has 0 saturated carbocycles. The molecule has 20 heavy (non-hydrogen) atoms. The van der Waals surface area contributed by atoms with Crippen molar-refractivity contribution in [3.05, 3.63) is 65.5 Å². The standard InChI is InChI=1S/C16H14N2O2/c1-18-10-4-7-15(18)8-9-16(19)20-12-14-6-3-2-5-13(14)11-17/h2-10H,12H2,1H3/b9-8+. The summed E-state index contributed by atoms with van der Waals surface area (Å²) in [7, 11) is 1.90. The van der Waals surface area contributed by atoms with Crippen molar-refractivity contribution in [2.24, 2.45) is 7.05 Å². The molecule has 1 heterocycles. The SMILES string of the molecule is Cn1cccc1/C=C/C(=O)OCc1ccccc1C#N. The Morgan fingerprint density at radius 2 is 2.15 bits per heavy atom. The highest BCUT2D eigenvalue weighted by molar-refractivity contribution is 5.86. The van der Waals surface area contributed by atoms with Crippen LogP contribution in [0.4, 0.5) is 0 Å². The number of carbonyl (C=O) groups excluding carboxylic acids is 1. The summed E-state index contributed by atoms with van der Waals surface area (Å²) in [6.45, 7) is 0.0973. The Morgan fingerprint density at radius 1 is 1.35 bits per heavy atom. The first-order valence-electron chi connectivity index (χ1n) is 6.15. The molecule has 0 aliphatic heterocycles. The van der Waals surface area contributed by atoms with E-state index in [0.29, 0.717) is 11.1 Å². The second-order valence-corrected chi connectivity index (χ2v) is 4.25. The molecule has 0 atom stereocenters. The fourth-order valence-electron chi connectivity index (χ4n) is 1.75. The molecule has 0 aliphatic carbocycles. The van der Waals surface area contributed by atoms with E-state index in [4.69, 9.17) is 10.00 Å². The van der Waals surface area contributed by atoms with E-state index in [9.17, 15) is 4.79 Å². The third kappa shape index (κ3) is 3.36. The molecule has 1 aromatic heterocycles. The predicted molar refractivity (Wildman–Crippen MR) is 75.4 cm³/mol. The van der Waals surface area contributed by atoms with Crippen LogP contribution in [0.1, 0.15) is 16.8 Å². The van der Waals surface area contributed by atoms with Crippen molar-refractivity contribution in [2.45, 2.75) is 6.61 Å². The van der Waals surface area contributed by atoms with Crippen LogP contribution >= 0.6 is 0 Å². The number of nitriles is 1. The lowest BCUT2D eigenvalue weighted by atomic mass is 10.1. The first-order valence-corrected chi connectivity index (χ1v) is 6.15. The van der Waals surface area contributed by atoms with E-state index in [1.54, 1.807) is 24.3 Å². The Bertz CT molecular complexity index is 678. The number of nitrogens with zero attached hydrogens (tertiary/aromatic N) is 2. The smallest absolute Gasteiger partial charge is 0.331 e. The van der Waals surface area contributed by atoms with Gasteiger partial charge in [0.15, 0.2) is 0 Å². The third-order valence-electron chi connectivity index (χ3n) is 2.88. The van der Waals surface area contributed by atoms with Gasteiger partial charge in [0.2, 0.25) is 0 Å². The molecule has 1 aromatic carbocycles. The number of hydrogen-bond acceptors (Lipinski definition) is 3. The number of aromatic nitrogens is 1. The minimum absolute atomic E-state index is 0.0973. The van der Waals surface area contributed by atoms with E-state index in [-0.39, 0.29) is 6.61 Å². The molecule has 4 nitrogen and oxygen atoms in total. The summed E-state index contributed by atoms with van der Waals surface area (Å²) in [5.74, 6) is -0.432. The summed E-state index contributed by atoms with van der Waals surface area (Å²) in [5, 5.41) is 8.94. The molecule has 2 aromatic rings. The second-order valence-electron chi connectivity index (χ2n) is 4.25. The van der Waals surface area contributed by atoms with Gasteiger partial charge >= 0.3 is 5.97 Å². The quantitative estimate of drug-likeness (QED) is 0.631. The molecule has 0 unspecified atom stereocenters. The number of ether oxygens (including phenoxy) is 1. The number of rotatable bonds is 4. The van der Waals surface area contributed by atoms with Gasteiger partial charge in [0, 0.05) is 30.6 Å². The fourth-order valence-corrected chi connectivity index (χ4v) is 1.75. The van der Waals surface area contributed by atoms with Crippen molar-refractivity contribution in [3.8, 4) is 6.07 Å². The first-order chi connectivity index (χ1) is 9.70. The minimum Gasteiger partial charge on any atom is -0.458 e. The van der Waals surface area contributed by atoms with E-state index >= 15 is 0 Å². The van der Waals surface area contributed by atoms with Gasteiger partial charge in [-0.2, -0.15) is 5.26 Å². The van der Waals surface area contributed by atoms with Crippen LogP contribution in [0.15, 0.2) is 48.7 Å². The number of carbonyl (C=O) groups is 1. The third-order valence-corrected chi connectivity index (χ3v) is 2.88. The Hall–Kier alpha value is -2.80. The van der Waals surface area contributed by atoms with Crippen LogP contribution in [0.5, 0.6) is 0 Å². The second kappa shape index (κ2) is 6.39. The topological polar surface area (TPSA) is 55.0 Å². The van der Waals surface area contributed by atoms with Gasteiger partial charge in [0.05, 0.1) is 11.6 Å². The zero-order chi connectivity index (χ0) is 14.4. The number of esters is 1. The van der Waals surface area contributed by atoms with Gasteiger partial charge in [-0.3, -0.25) is 0 Å². The Labute approximate surface area is 117 Å². The molecular formula is C16H14N2O2. The van der Waals surface area contributed by atoms with Crippen LogP contribution < -0.4 is 0 Å². The van der Waals surface area contributed by atoms with E-state index in [0.717, 1.165) is 5.69 Å². The lowest BCUT2D eigenvalue weighted by Gasteiger charge is -2.04. The zero-order valence-electron chi connectivity index (χ0n) is 11.1. The van der Waals surface area contributed by atoms with Crippen molar-refractivity contribution in [1.82, 2.24) is 4.57 Å². The molecule has 0 fully saturated rings. The highest BCUT2D eigenvalue weighted by Crippen LogP contribution is 2.09. The molecule has 0 bridgehead atoms. The lowest BCUT2D eigenvalue weighted by Crippen LogP contribution is -2.02. The monoisotopic (exact) mass is 266 g/mol. The Kier molecular flexibility index (Phi) is 4.35. The summed E-state index contributed by atoms with van der Waals surface area (Å²) in [4.78, 5) is 11.6. The maximum Gasteiger partial charge on any atom is 0.331 e. The van der Waals surface area contributed by atoms with Gasteiger partial charge in [-0.15, -0.1) is 0 Å². The first kappa shape index (κ1) is 13.6. The van der Waals surface area contributed by atoms with E-state index < -0.39 is 5.97 Å². The van der Waals surface area contributed by atoms with Crippen LogP contribution in [0.3, 0.4) is 0 Å². The normalized spacial score (nSPS) is 10.4. The van der Waals surface area contributed by atoms with Crippen molar-refractivity contribution < 1.29 is 9.53 Å². The van der Waals surface area contributed by atoms with E-state index in [2.05, 4.69) is 6.07 Å². The van der Waals surface area contributed by atoms with Crippen molar-refractivity contribution >= 4 is 12.0 Å². The summed E-state index contributed by atoms with van der Waals surface area (Å²) in [5.41, 5.74) is 2.14. The average molecular weight is 266 g/mol. The Balaban J connectivity index is 1.95. The maximum atomic E-state index is 11.6. The number of aryl methyl sites for hydroxylation is 1. The van der Waals surface area contributed by atoms with Crippen LogP contribution in [0.2, 0.25) is 0 Å². The largest absolute Gasteiger partial charge is 0.458 e. The van der Waals surface area contributed by atoms with Gasteiger partial charge in [-0.05, 0) is 24.3 Å². The molecule has 100 valence electrons. The molecule has 4 heteroatoms. The molecule has 0 spiro atoms. The summed E-state index contributed by atoms with van der Waals surface area (Å²) >= 11 is 0. The van der Waals surface area contributed by atoms with Gasteiger partial charge < -0.3 is 9.30 Å². The van der Waals surface area contributed by atoms with Crippen molar-refractivity contribution in [1.29, 1.82) is 5.26 Å². The van der Waals surface area contributed by atoms with Crippen LogP contribution in [-0.2, 0) is 23.2 Å². The molecule has 0 aliphatic rings. The minimum atomic E-state index is -0.432. The molecule has 0 saturated heterocycles. The molecule has 0 N–H and O–H groups in total. The van der Waals surface area contributed by atoms with Crippen LogP contribution in [-0.4, -0.2) is 10.5 Å². The summed E-state index contributed by atoms with van der Waals surface area (Å²) in [6, 6.07) is 12.9. The predicted octanol–water partition coefficient (Wildman–Crippen LogP) is 2.65. The van der Waals surface area contributed by atoms with Crippen LogP contribution in [0, 0.1) is 11.3 Å². The van der Waals surface area contributed by atoms with Crippen molar-refractivity contribution in [2.75, 3.05) is 0 Å². The Morgan fingerprint density at radius 3 is 2.85 bits per heavy atom. The fraction of sp³-hybridized carbons (Fsp3) is 0.125. The summed E-state index contributed by atoms with van der Waals surface area (Å²) in [6.07, 6.45) is 4.97. The van der Waals surface area contributed by atoms with Crippen molar-refractivity contribution in [3.63, 3.8) is 0 Å². The van der Waals surface area contributed by atoms with E-state index in [1.807, 2.05) is 36.0 Å². The maximum absolute atomic E-state index is 11.6. The molecule has 2 rings (SSSR count). The molecular weight excluding hydrogens is 252 g/mol. The number of hydrogen-bond donors (Lipinski definition) is 0. The highest BCUT2D eigenvalue weighted by atomic mass is 16.5. The van der Waals surface area contributed by atoms with Crippen LogP contribution in [0.25, 0.3) is 6.08 Å². The van der Waals surface area contributed by atoms with E-state index in [1.165, 1.54) is 6.08 Å². The summed E-state index contributed by atoms with van der Waals surface area (Å²) < 4.78 is 7.02. The van der Waals surface area contributed by atoms with Gasteiger partial charge in [0.25, 0.3) is 0 Å². The average Bonchev–Trinajstić information content (AvgIpc) is 2.88. The zero-order valence-corrected chi connectivity index (χ0v) is 11.1. The molecule has 0 amide bonds. The lowest BCUT2D eigenvalue weighted by molar-refractivity contribution is -0.138. The van der Waals surface area contributed by atoms with Gasteiger partial charge in [-0.25, -0.2) is 4.79 Å². The highest BCUT2D eigenvalue weighted by Gasteiger charge is 2.03. The van der Waals surface area contributed by atoms with Gasteiger partial charge in [-0.1, -0.05) is 18.2 Å². The number of benzene rings is 1. The van der Waals surface area contributed by atoms with Gasteiger partial charge in [0.1, 0.15) is 6.61 Å².